The Kier molecular flexibility index (Phi) is 2.33. The van der Waals surface area contributed by atoms with Gasteiger partial charge in [0.15, 0.2) is 5.76 Å². The maximum absolute atomic E-state index is 5.18. The quantitative estimate of drug-likeness (QED) is 0.767. The second-order valence-electron chi connectivity index (χ2n) is 3.14. The van der Waals surface area contributed by atoms with E-state index in [1.54, 1.807) is 4.68 Å². The molecule has 2 aromatic heterocycles. The Morgan fingerprint density at radius 3 is 2.86 bits per heavy atom. The Morgan fingerprint density at radius 2 is 2.36 bits per heavy atom. The summed E-state index contributed by atoms with van der Waals surface area (Å²) in [5.74, 6) is 1.34. The third kappa shape index (κ3) is 1.55. The lowest BCUT2D eigenvalue weighted by molar-refractivity contribution is 0.426. The van der Waals surface area contributed by atoms with E-state index in [2.05, 4.69) is 22.9 Å². The lowest BCUT2D eigenvalue weighted by atomic mass is 10.2. The smallest absolute Gasteiger partial charge is 0.170 e. The van der Waals surface area contributed by atoms with Crippen LogP contribution in [0.25, 0.3) is 11.3 Å². The topological polar surface area (TPSA) is 43.9 Å². The molecule has 14 heavy (non-hydrogen) atoms. The number of aromatic nitrogens is 3. The highest BCUT2D eigenvalue weighted by Gasteiger charge is 2.11. The maximum Gasteiger partial charge on any atom is 0.170 e. The highest BCUT2D eigenvalue weighted by Crippen LogP contribution is 2.23. The van der Waals surface area contributed by atoms with Crippen molar-refractivity contribution in [3.8, 4) is 11.3 Å². The number of thiol groups is 1. The number of aryl methyl sites for hydroxylation is 2. The maximum atomic E-state index is 5.18. The molecule has 0 aliphatic carbocycles. The average molecular weight is 209 g/mol. The zero-order valence-electron chi connectivity index (χ0n) is 8.06. The highest BCUT2D eigenvalue weighted by atomic mass is 32.1. The van der Waals surface area contributed by atoms with Crippen molar-refractivity contribution in [3.05, 3.63) is 23.7 Å². The van der Waals surface area contributed by atoms with Gasteiger partial charge in [0.2, 0.25) is 0 Å². The molecule has 0 aliphatic rings. The summed E-state index contributed by atoms with van der Waals surface area (Å²) in [5, 5.41) is 8.11. The van der Waals surface area contributed by atoms with E-state index in [1.165, 1.54) is 0 Å². The Bertz CT molecular complexity index is 447. The van der Waals surface area contributed by atoms with E-state index in [0.29, 0.717) is 5.75 Å². The predicted octanol–water partition coefficient (Wildman–Crippen LogP) is 1.81. The van der Waals surface area contributed by atoms with Crippen LogP contribution in [0.5, 0.6) is 0 Å². The first-order chi connectivity index (χ1) is 6.70. The van der Waals surface area contributed by atoms with Crippen molar-refractivity contribution in [3.63, 3.8) is 0 Å². The molecule has 74 valence electrons. The monoisotopic (exact) mass is 209 g/mol. The summed E-state index contributed by atoms with van der Waals surface area (Å²) in [5.41, 5.74) is 2.76. The third-order valence-electron chi connectivity index (χ3n) is 2.00. The highest BCUT2D eigenvalue weighted by molar-refractivity contribution is 7.79. The van der Waals surface area contributed by atoms with E-state index in [1.807, 2.05) is 26.2 Å². The van der Waals surface area contributed by atoms with Crippen LogP contribution in [0.2, 0.25) is 0 Å². The standard InChI is InChI=1S/C9H11N3OS/c1-6-8(4-12(2)10-6)9-3-7(5-14)11-13-9/h3-4,14H,5H2,1-2H3. The van der Waals surface area contributed by atoms with Crippen molar-refractivity contribution in [1.82, 2.24) is 14.9 Å². The molecule has 0 N–H and O–H groups in total. The summed E-state index contributed by atoms with van der Waals surface area (Å²) in [4.78, 5) is 0. The fourth-order valence-corrected chi connectivity index (χ4v) is 1.50. The Morgan fingerprint density at radius 1 is 1.57 bits per heavy atom. The fourth-order valence-electron chi connectivity index (χ4n) is 1.35. The van der Waals surface area contributed by atoms with Gasteiger partial charge in [0, 0.05) is 25.1 Å². The first-order valence-corrected chi connectivity index (χ1v) is 4.91. The molecule has 4 nitrogen and oxygen atoms in total. The van der Waals surface area contributed by atoms with Crippen molar-refractivity contribution in [2.75, 3.05) is 0 Å². The van der Waals surface area contributed by atoms with E-state index in [-0.39, 0.29) is 0 Å². The lowest BCUT2D eigenvalue weighted by Gasteiger charge is -1.87. The zero-order chi connectivity index (χ0) is 10.1. The molecule has 0 saturated heterocycles. The molecule has 0 bridgehead atoms. The molecule has 0 amide bonds. The molecule has 2 heterocycles. The summed E-state index contributed by atoms with van der Waals surface area (Å²) < 4.78 is 6.94. The first-order valence-electron chi connectivity index (χ1n) is 4.28. The third-order valence-corrected chi connectivity index (χ3v) is 2.32. The van der Waals surface area contributed by atoms with Gasteiger partial charge in [-0.1, -0.05) is 5.16 Å². The fraction of sp³-hybridized carbons (Fsp3) is 0.333. The molecule has 0 atom stereocenters. The van der Waals surface area contributed by atoms with E-state index >= 15 is 0 Å². The van der Waals surface area contributed by atoms with Crippen molar-refractivity contribution in [2.24, 2.45) is 7.05 Å². The molecule has 0 aliphatic heterocycles. The van der Waals surface area contributed by atoms with Crippen LogP contribution in [0.3, 0.4) is 0 Å². The van der Waals surface area contributed by atoms with Gasteiger partial charge in [0.25, 0.3) is 0 Å². The average Bonchev–Trinajstić information content (AvgIpc) is 2.71. The van der Waals surface area contributed by atoms with Crippen molar-refractivity contribution >= 4 is 12.6 Å². The van der Waals surface area contributed by atoms with Gasteiger partial charge < -0.3 is 4.52 Å². The van der Waals surface area contributed by atoms with Crippen LogP contribution < -0.4 is 0 Å². The van der Waals surface area contributed by atoms with E-state index in [9.17, 15) is 0 Å². The van der Waals surface area contributed by atoms with Crippen LogP contribution in [0.1, 0.15) is 11.4 Å². The van der Waals surface area contributed by atoms with Gasteiger partial charge in [-0.2, -0.15) is 17.7 Å². The molecule has 2 rings (SSSR count). The minimum atomic E-state index is 0.586. The van der Waals surface area contributed by atoms with Crippen molar-refractivity contribution < 1.29 is 4.52 Å². The minimum Gasteiger partial charge on any atom is -0.356 e. The number of rotatable bonds is 2. The van der Waals surface area contributed by atoms with E-state index < -0.39 is 0 Å². The van der Waals surface area contributed by atoms with Gasteiger partial charge in [-0.25, -0.2) is 0 Å². The number of nitrogens with zero attached hydrogens (tertiary/aromatic N) is 3. The molecule has 0 radical (unpaired) electrons. The molecule has 0 aromatic carbocycles. The molecule has 2 aromatic rings. The van der Waals surface area contributed by atoms with Crippen LogP contribution in [-0.4, -0.2) is 14.9 Å². The van der Waals surface area contributed by atoms with Gasteiger partial charge >= 0.3 is 0 Å². The molecule has 0 spiro atoms. The van der Waals surface area contributed by atoms with Gasteiger partial charge in [0.1, 0.15) is 0 Å². The van der Waals surface area contributed by atoms with E-state index in [0.717, 1.165) is 22.7 Å². The van der Waals surface area contributed by atoms with Gasteiger partial charge in [-0.3, -0.25) is 4.68 Å². The Balaban J connectivity index is 2.43. The second-order valence-corrected chi connectivity index (χ2v) is 3.46. The minimum absolute atomic E-state index is 0.586. The predicted molar refractivity (Wildman–Crippen MR) is 56.1 cm³/mol. The van der Waals surface area contributed by atoms with Crippen LogP contribution in [-0.2, 0) is 12.8 Å². The molecule has 0 fully saturated rings. The van der Waals surface area contributed by atoms with E-state index in [4.69, 9.17) is 4.52 Å². The summed E-state index contributed by atoms with van der Waals surface area (Å²) >= 11 is 4.12. The SMILES string of the molecule is Cc1nn(C)cc1-c1cc(CS)no1. The van der Waals surface area contributed by atoms with Crippen LogP contribution in [0.15, 0.2) is 16.8 Å². The van der Waals surface area contributed by atoms with Crippen LogP contribution in [0, 0.1) is 6.92 Å². The largest absolute Gasteiger partial charge is 0.356 e. The van der Waals surface area contributed by atoms with Crippen molar-refractivity contribution in [2.45, 2.75) is 12.7 Å². The summed E-state index contributed by atoms with van der Waals surface area (Å²) in [6.45, 7) is 1.94. The Hall–Kier alpha value is -1.23. The molecule has 5 heteroatoms. The summed E-state index contributed by atoms with van der Waals surface area (Å²) in [6, 6.07) is 1.89. The van der Waals surface area contributed by atoms with Crippen LogP contribution in [0.4, 0.5) is 0 Å². The summed E-state index contributed by atoms with van der Waals surface area (Å²) in [6.07, 6.45) is 1.91. The zero-order valence-corrected chi connectivity index (χ0v) is 8.95. The Labute approximate surface area is 87.3 Å². The first kappa shape index (κ1) is 9.33. The van der Waals surface area contributed by atoms with Gasteiger partial charge in [-0.15, -0.1) is 0 Å². The lowest BCUT2D eigenvalue weighted by Crippen LogP contribution is -1.86. The molecular formula is C9H11N3OS. The number of hydrogen-bond acceptors (Lipinski definition) is 4. The summed E-state index contributed by atoms with van der Waals surface area (Å²) in [7, 11) is 1.88. The molecule has 0 saturated carbocycles. The normalized spacial score (nSPS) is 10.8. The molecule has 0 unspecified atom stereocenters. The van der Waals surface area contributed by atoms with Gasteiger partial charge in [-0.05, 0) is 6.92 Å². The molecular weight excluding hydrogens is 198 g/mol. The second kappa shape index (κ2) is 3.49. The van der Waals surface area contributed by atoms with Gasteiger partial charge in [0.05, 0.1) is 17.0 Å². The number of hydrogen-bond donors (Lipinski definition) is 1. The van der Waals surface area contributed by atoms with Crippen molar-refractivity contribution in [1.29, 1.82) is 0 Å². The van der Waals surface area contributed by atoms with Crippen LogP contribution >= 0.6 is 12.6 Å².